The van der Waals surface area contributed by atoms with Crippen molar-refractivity contribution in [3.05, 3.63) is 12.7 Å². The summed E-state index contributed by atoms with van der Waals surface area (Å²) in [6.45, 7) is 5.27. The molecule has 0 rings (SSSR count). The lowest BCUT2D eigenvalue weighted by molar-refractivity contribution is -0.137. The molecule has 0 aromatic carbocycles. The first-order valence-corrected chi connectivity index (χ1v) is 4.75. The first kappa shape index (κ1) is 13.5. The van der Waals surface area contributed by atoms with Crippen LogP contribution >= 0.6 is 0 Å². The molecule has 0 heterocycles. The van der Waals surface area contributed by atoms with Gasteiger partial charge in [0.1, 0.15) is 6.10 Å². The van der Waals surface area contributed by atoms with Crippen LogP contribution in [0.3, 0.4) is 0 Å². The van der Waals surface area contributed by atoms with Crippen molar-refractivity contribution in [3.8, 4) is 0 Å². The SMILES string of the molecule is C=CC(=O)OCCCCC(C)OC(=O)O. The monoisotopic (exact) mass is 216 g/mol. The van der Waals surface area contributed by atoms with Crippen LogP contribution in [-0.4, -0.2) is 29.9 Å². The number of esters is 1. The predicted octanol–water partition coefficient (Wildman–Crippen LogP) is 1.97. The number of hydrogen-bond donors (Lipinski definition) is 1. The minimum atomic E-state index is -1.26. The van der Waals surface area contributed by atoms with Crippen molar-refractivity contribution in [3.63, 3.8) is 0 Å². The van der Waals surface area contributed by atoms with Crippen LogP contribution in [-0.2, 0) is 14.3 Å². The van der Waals surface area contributed by atoms with E-state index in [1.165, 1.54) is 0 Å². The standard InChI is InChI=1S/C10H16O5/c1-3-9(11)14-7-5-4-6-8(2)15-10(12)13/h3,8H,1,4-7H2,2H3,(H,12,13). The Morgan fingerprint density at radius 1 is 1.47 bits per heavy atom. The summed E-state index contributed by atoms with van der Waals surface area (Å²) in [5.41, 5.74) is 0. The van der Waals surface area contributed by atoms with Gasteiger partial charge in [-0.3, -0.25) is 0 Å². The maximum Gasteiger partial charge on any atom is 0.506 e. The molecule has 0 aliphatic heterocycles. The zero-order valence-electron chi connectivity index (χ0n) is 8.77. The first-order valence-electron chi connectivity index (χ1n) is 4.75. The molecule has 1 unspecified atom stereocenters. The van der Waals surface area contributed by atoms with Crippen molar-refractivity contribution in [2.45, 2.75) is 32.3 Å². The molecule has 0 saturated carbocycles. The van der Waals surface area contributed by atoms with Gasteiger partial charge in [0.15, 0.2) is 0 Å². The smallest absolute Gasteiger partial charge is 0.463 e. The molecule has 0 aromatic heterocycles. The van der Waals surface area contributed by atoms with Gasteiger partial charge in [-0.05, 0) is 26.2 Å². The number of carbonyl (C=O) groups is 2. The lowest BCUT2D eigenvalue weighted by Crippen LogP contribution is -2.13. The summed E-state index contributed by atoms with van der Waals surface area (Å²) in [4.78, 5) is 20.7. The van der Waals surface area contributed by atoms with E-state index in [9.17, 15) is 9.59 Å². The molecule has 1 N–H and O–H groups in total. The second-order valence-corrected chi connectivity index (χ2v) is 3.06. The summed E-state index contributed by atoms with van der Waals surface area (Å²) in [7, 11) is 0. The quantitative estimate of drug-likeness (QED) is 0.400. The van der Waals surface area contributed by atoms with Crippen molar-refractivity contribution in [1.29, 1.82) is 0 Å². The number of ether oxygens (including phenoxy) is 2. The van der Waals surface area contributed by atoms with Crippen LogP contribution in [0.5, 0.6) is 0 Å². The Balaban J connectivity index is 3.34. The van der Waals surface area contributed by atoms with Crippen molar-refractivity contribution in [2.75, 3.05) is 6.61 Å². The highest BCUT2D eigenvalue weighted by Crippen LogP contribution is 2.04. The average Bonchev–Trinajstić information content (AvgIpc) is 2.15. The molecule has 0 amide bonds. The highest BCUT2D eigenvalue weighted by Gasteiger charge is 2.06. The van der Waals surface area contributed by atoms with Crippen molar-refractivity contribution in [2.24, 2.45) is 0 Å². The van der Waals surface area contributed by atoms with Crippen LogP contribution in [0.1, 0.15) is 26.2 Å². The molecular weight excluding hydrogens is 200 g/mol. The lowest BCUT2D eigenvalue weighted by Gasteiger charge is -2.09. The molecule has 0 aromatic rings. The molecule has 5 nitrogen and oxygen atoms in total. The van der Waals surface area contributed by atoms with Gasteiger partial charge in [0.2, 0.25) is 0 Å². The summed E-state index contributed by atoms with van der Waals surface area (Å²) >= 11 is 0. The Bertz CT molecular complexity index is 224. The minimum absolute atomic E-state index is 0.322. The summed E-state index contributed by atoms with van der Waals surface area (Å²) in [6, 6.07) is 0. The zero-order chi connectivity index (χ0) is 11.7. The van der Waals surface area contributed by atoms with Crippen LogP contribution in [0, 0.1) is 0 Å². The lowest BCUT2D eigenvalue weighted by atomic mass is 10.2. The third-order valence-corrected chi connectivity index (χ3v) is 1.72. The highest BCUT2D eigenvalue weighted by molar-refractivity contribution is 5.81. The Hall–Kier alpha value is -1.52. The van der Waals surface area contributed by atoms with E-state index >= 15 is 0 Å². The van der Waals surface area contributed by atoms with E-state index in [2.05, 4.69) is 11.3 Å². The molecule has 0 aliphatic rings. The summed E-state index contributed by atoms with van der Waals surface area (Å²) < 4.78 is 9.23. The topological polar surface area (TPSA) is 72.8 Å². The number of carbonyl (C=O) groups excluding carboxylic acids is 1. The summed E-state index contributed by atoms with van der Waals surface area (Å²) in [5.74, 6) is -0.440. The van der Waals surface area contributed by atoms with Crippen LogP contribution < -0.4 is 0 Å². The third kappa shape index (κ3) is 8.80. The Labute approximate surface area is 88.7 Å². The number of carboxylic acid groups (broad SMARTS) is 1. The molecular formula is C10H16O5. The van der Waals surface area contributed by atoms with Crippen LogP contribution in [0.25, 0.3) is 0 Å². The Morgan fingerprint density at radius 3 is 2.67 bits per heavy atom. The highest BCUT2D eigenvalue weighted by atomic mass is 16.7. The molecule has 5 heteroatoms. The van der Waals surface area contributed by atoms with E-state index < -0.39 is 12.1 Å². The molecule has 0 bridgehead atoms. The van der Waals surface area contributed by atoms with Crippen LogP contribution in [0.2, 0.25) is 0 Å². The molecule has 15 heavy (non-hydrogen) atoms. The van der Waals surface area contributed by atoms with Gasteiger partial charge in [0.25, 0.3) is 0 Å². The minimum Gasteiger partial charge on any atom is -0.463 e. The van der Waals surface area contributed by atoms with E-state index in [-0.39, 0.29) is 6.10 Å². The largest absolute Gasteiger partial charge is 0.506 e. The van der Waals surface area contributed by atoms with Gasteiger partial charge in [-0.2, -0.15) is 0 Å². The third-order valence-electron chi connectivity index (χ3n) is 1.72. The van der Waals surface area contributed by atoms with Gasteiger partial charge in [0, 0.05) is 6.08 Å². The number of unbranched alkanes of at least 4 members (excludes halogenated alkanes) is 1. The van der Waals surface area contributed by atoms with Crippen molar-refractivity contribution < 1.29 is 24.2 Å². The summed E-state index contributed by atoms with van der Waals surface area (Å²) in [5, 5.41) is 8.29. The van der Waals surface area contributed by atoms with Crippen molar-refractivity contribution in [1.82, 2.24) is 0 Å². The fraction of sp³-hybridized carbons (Fsp3) is 0.600. The van der Waals surface area contributed by atoms with E-state index in [4.69, 9.17) is 9.84 Å². The van der Waals surface area contributed by atoms with Gasteiger partial charge >= 0.3 is 12.1 Å². The van der Waals surface area contributed by atoms with E-state index in [0.717, 1.165) is 12.5 Å². The van der Waals surface area contributed by atoms with Gasteiger partial charge in [-0.15, -0.1) is 0 Å². The fourth-order valence-corrected chi connectivity index (χ4v) is 0.997. The normalized spacial score (nSPS) is 11.5. The van der Waals surface area contributed by atoms with Crippen LogP contribution in [0.15, 0.2) is 12.7 Å². The van der Waals surface area contributed by atoms with Gasteiger partial charge in [-0.25, -0.2) is 9.59 Å². The summed E-state index contributed by atoms with van der Waals surface area (Å²) in [6.07, 6.45) is 1.58. The maximum atomic E-state index is 10.6. The van der Waals surface area contributed by atoms with Gasteiger partial charge in [0.05, 0.1) is 6.61 Å². The molecule has 0 fully saturated rings. The molecule has 0 radical (unpaired) electrons. The van der Waals surface area contributed by atoms with Gasteiger partial charge in [-0.1, -0.05) is 6.58 Å². The fourth-order valence-electron chi connectivity index (χ4n) is 0.997. The predicted molar refractivity (Wildman–Crippen MR) is 53.6 cm³/mol. The zero-order valence-corrected chi connectivity index (χ0v) is 8.77. The number of hydrogen-bond acceptors (Lipinski definition) is 4. The van der Waals surface area contributed by atoms with E-state index in [1.807, 2.05) is 0 Å². The number of rotatable bonds is 7. The first-order chi connectivity index (χ1) is 7.06. The van der Waals surface area contributed by atoms with E-state index in [0.29, 0.717) is 19.4 Å². The maximum absolute atomic E-state index is 10.6. The molecule has 1 atom stereocenters. The molecule has 0 spiro atoms. The Kier molecular flexibility index (Phi) is 7.05. The van der Waals surface area contributed by atoms with Crippen molar-refractivity contribution >= 4 is 12.1 Å². The molecule has 0 saturated heterocycles. The molecule has 86 valence electrons. The van der Waals surface area contributed by atoms with Crippen LogP contribution in [0.4, 0.5) is 4.79 Å². The average molecular weight is 216 g/mol. The second-order valence-electron chi connectivity index (χ2n) is 3.06. The van der Waals surface area contributed by atoms with E-state index in [1.54, 1.807) is 6.92 Å². The Morgan fingerprint density at radius 2 is 2.13 bits per heavy atom. The second kappa shape index (κ2) is 7.84. The molecule has 0 aliphatic carbocycles. The van der Waals surface area contributed by atoms with Gasteiger partial charge < -0.3 is 14.6 Å².